The number of carboxylic acids is 3. The van der Waals surface area contributed by atoms with E-state index in [1.54, 1.807) is 27.8 Å². The van der Waals surface area contributed by atoms with Crippen LogP contribution in [-0.4, -0.2) is 149 Å². The van der Waals surface area contributed by atoms with Gasteiger partial charge in [-0.05, 0) is 226 Å². The summed E-state index contributed by atoms with van der Waals surface area (Å²) in [5, 5.41) is 43.3. The van der Waals surface area contributed by atoms with E-state index in [-0.39, 0.29) is 36.6 Å². The molecule has 0 spiro atoms. The Morgan fingerprint density at radius 1 is 0.375 bits per heavy atom. The van der Waals surface area contributed by atoms with Crippen LogP contribution in [0.25, 0.3) is 0 Å². The average Bonchev–Trinajstić information content (AvgIpc) is 0.875. The number of benzene rings is 3. The van der Waals surface area contributed by atoms with E-state index in [1.165, 1.54) is 109 Å². The number of carbonyl (C=O) groups excluding carboxylic acids is 5. The molecule has 0 aliphatic heterocycles. The largest absolute Gasteiger partial charge is 0.480 e. The summed E-state index contributed by atoms with van der Waals surface area (Å²) in [5.74, 6) is 3.30. The van der Waals surface area contributed by atoms with Crippen LogP contribution in [0.15, 0.2) is 72.8 Å². The Labute approximate surface area is 723 Å². The van der Waals surface area contributed by atoms with E-state index in [0.717, 1.165) is 120 Å². The van der Waals surface area contributed by atoms with Crippen LogP contribution in [-0.2, 0) is 57.4 Å². The number of carboxylic acid groups (broad SMARTS) is 3. The molecule has 5 amide bonds. The highest BCUT2D eigenvalue weighted by atomic mass is 16.6. The topological polar surface area (TPSA) is 384 Å². The third-order valence-electron chi connectivity index (χ3n) is 21.8. The Kier molecular flexibility index (Phi) is 53.2. The lowest BCUT2D eigenvalue weighted by Gasteiger charge is -2.30. The van der Waals surface area contributed by atoms with Gasteiger partial charge in [0.25, 0.3) is 0 Å². The first kappa shape index (κ1) is 110. The highest BCUT2D eigenvalue weighted by molar-refractivity contribution is 5.85. The van der Waals surface area contributed by atoms with Crippen LogP contribution in [0.3, 0.4) is 0 Å². The highest BCUT2D eigenvalue weighted by Gasteiger charge is 2.32. The zero-order valence-corrected chi connectivity index (χ0v) is 78.4. The summed E-state index contributed by atoms with van der Waals surface area (Å²) < 4.78 is 21.0. The SMILES string of the molecule is CCC[C@@H](N)CC1CCC(C)CC1.CCC[C@H](CC1CCC(C)CC1)NC(=O)OC(C)(C)C.CNC(=O)[C@H](CC1CCC(C)CC1)NC(=O)OC(C)(C)C.CNC[C@H](CC1CCC(C)CC1)NC(=O)OC(C)(C)C.Cc1ccc(C[C@H](N)C(=O)O)cc1.Cc1ccc(C[C@H](N)C(=O)O)cc1.Cc1ccc(C[C@H](NC(=O)OC(C)(C)C)C(=O)O)cc1. The minimum absolute atomic E-state index is 0.153. The van der Waals surface area contributed by atoms with Crippen molar-refractivity contribution in [2.24, 2.45) is 64.5 Å². The molecule has 15 N–H and O–H groups in total. The summed E-state index contributed by atoms with van der Waals surface area (Å²) in [7, 11) is 3.52. The zero-order chi connectivity index (χ0) is 91.1. The predicted molar refractivity (Wildman–Crippen MR) is 485 cm³/mol. The minimum atomic E-state index is -1.09. The average molecular weight is 1690 g/mol. The fraction of sp³-hybridized carbons (Fsp3) is 0.729. The van der Waals surface area contributed by atoms with E-state index in [9.17, 15) is 38.4 Å². The Bertz CT molecular complexity index is 3210. The van der Waals surface area contributed by atoms with Crippen molar-refractivity contribution in [2.75, 3.05) is 20.6 Å². The molecule has 120 heavy (non-hydrogen) atoms. The van der Waals surface area contributed by atoms with Gasteiger partial charge >= 0.3 is 42.3 Å². The summed E-state index contributed by atoms with van der Waals surface area (Å²) >= 11 is 0. The normalized spacial score (nSPS) is 20.8. The molecule has 0 aromatic heterocycles. The van der Waals surface area contributed by atoms with E-state index < -0.39 is 76.7 Å². The van der Waals surface area contributed by atoms with Crippen LogP contribution >= 0.6 is 0 Å². The van der Waals surface area contributed by atoms with Crippen LogP contribution in [0.1, 0.15) is 312 Å². The molecule has 3 aromatic rings. The van der Waals surface area contributed by atoms with Gasteiger partial charge in [-0.1, -0.05) is 247 Å². The lowest BCUT2D eigenvalue weighted by atomic mass is 9.79. The van der Waals surface area contributed by atoms with Crippen molar-refractivity contribution in [2.45, 2.75) is 383 Å². The number of likely N-dealkylation sites (N-methyl/N-ethyl adjacent to an activating group) is 2. The third kappa shape index (κ3) is 56.2. The number of alkyl carbamates (subject to hydrolysis) is 4. The predicted octanol–water partition coefficient (Wildman–Crippen LogP) is 18.8. The van der Waals surface area contributed by atoms with Gasteiger partial charge in [0.2, 0.25) is 5.91 Å². The van der Waals surface area contributed by atoms with Crippen molar-refractivity contribution in [1.82, 2.24) is 31.9 Å². The highest BCUT2D eigenvalue weighted by Crippen LogP contribution is 2.35. The molecule has 7 atom stereocenters. The van der Waals surface area contributed by atoms with E-state index in [2.05, 4.69) is 73.4 Å². The number of nitrogens with two attached hydrogens (primary N) is 3. The van der Waals surface area contributed by atoms with Gasteiger partial charge in [-0.3, -0.25) is 14.4 Å². The van der Waals surface area contributed by atoms with Gasteiger partial charge in [-0.25, -0.2) is 24.0 Å². The Morgan fingerprint density at radius 2 is 0.650 bits per heavy atom. The molecule has 24 heteroatoms. The second kappa shape index (κ2) is 57.7. The lowest BCUT2D eigenvalue weighted by molar-refractivity contribution is -0.140. The second-order valence-electron chi connectivity index (χ2n) is 38.8. The third-order valence-corrected chi connectivity index (χ3v) is 21.8. The molecule has 3 aromatic carbocycles. The Morgan fingerprint density at radius 3 is 0.933 bits per heavy atom. The van der Waals surface area contributed by atoms with Crippen molar-refractivity contribution >= 4 is 48.2 Å². The van der Waals surface area contributed by atoms with Gasteiger partial charge in [0.15, 0.2) is 0 Å². The van der Waals surface area contributed by atoms with Gasteiger partial charge in [-0.2, -0.15) is 0 Å². The van der Waals surface area contributed by atoms with Crippen LogP contribution < -0.4 is 49.1 Å². The van der Waals surface area contributed by atoms with E-state index in [4.69, 9.17) is 51.5 Å². The Balaban J connectivity index is 0.000000706. The number of nitrogens with one attached hydrogen (secondary N) is 6. The molecule has 24 nitrogen and oxygen atoms in total. The molecule has 0 radical (unpaired) electrons. The summed E-state index contributed by atoms with van der Waals surface area (Å²) in [6, 6.07) is 20.7. The molecule has 0 heterocycles. The van der Waals surface area contributed by atoms with Crippen LogP contribution in [0, 0.1) is 68.1 Å². The number of rotatable bonds is 28. The monoisotopic (exact) mass is 1690 g/mol. The molecule has 4 aliphatic rings. The number of aryl methyl sites for hydroxylation is 3. The van der Waals surface area contributed by atoms with E-state index >= 15 is 0 Å². The molecule has 4 aliphatic carbocycles. The summed E-state index contributed by atoms with van der Waals surface area (Å²) in [4.78, 5) is 91.3. The van der Waals surface area contributed by atoms with Crippen molar-refractivity contribution in [3.8, 4) is 0 Å². The van der Waals surface area contributed by atoms with Crippen LogP contribution in [0.4, 0.5) is 19.2 Å². The fourth-order valence-corrected chi connectivity index (χ4v) is 14.9. The maximum atomic E-state index is 12.0. The molecule has 4 saturated carbocycles. The van der Waals surface area contributed by atoms with Crippen molar-refractivity contribution in [3.63, 3.8) is 0 Å². The molecular formula is C96H167N9O15. The molecule has 686 valence electrons. The van der Waals surface area contributed by atoms with Gasteiger partial charge in [0, 0.05) is 38.1 Å². The van der Waals surface area contributed by atoms with Gasteiger partial charge < -0.3 is 83.4 Å². The lowest BCUT2D eigenvalue weighted by Crippen LogP contribution is -2.48. The standard InChI is InChI=1S/C17H33NO2.C16H30N2O3.C16H32N2O2.C15H21NO4.C12H25N.2C10H13NO2/c1-6-7-15(18-16(19)20-17(3,4)5)12-14-10-8-13(2)9-11-14;1-11-6-8-12(9-7-11)10-13(14(19)17-5)18-15(20)21-16(2,3)4;1-12-6-8-13(9-7-12)10-14(11-17-5)18-15(19)20-16(2,3)4;1-10-5-7-11(8-6-10)9-12(13(17)18)16-14(19)20-15(2,3)4;1-3-4-12(13)9-11-7-5-10(2)6-8-11;2*1-7-2-4-8(5-3-7)6-9(11)10(12)13/h13-15H,6-12H2,1-5H3,(H,18,19);11-13H,6-10H2,1-5H3,(H,17,19)(H,18,20);12-14,17H,6-11H2,1-5H3,(H,18,19);5-8,12H,9H2,1-4H3,(H,16,19)(H,17,18);10-12H,3-9,13H2,1-2H3;2*2-5,9H,6,11H2,1H3,(H,12,13)/t13?,14?,15-;11?,12?,13-;12?,13?,14-;12-;10?,11?,12-;2*9-/m1000100/s1. The minimum Gasteiger partial charge on any atom is -0.480 e. The second-order valence-corrected chi connectivity index (χ2v) is 38.8. The van der Waals surface area contributed by atoms with Crippen molar-refractivity contribution in [1.29, 1.82) is 0 Å². The van der Waals surface area contributed by atoms with Gasteiger partial charge in [0.1, 0.15) is 46.6 Å². The van der Waals surface area contributed by atoms with Crippen molar-refractivity contribution in [3.05, 3.63) is 106 Å². The fourth-order valence-electron chi connectivity index (χ4n) is 14.9. The van der Waals surface area contributed by atoms with Crippen molar-refractivity contribution < 1.29 is 72.6 Å². The number of ether oxygens (including phenoxy) is 4. The van der Waals surface area contributed by atoms with Crippen LogP contribution in [0.2, 0.25) is 0 Å². The first-order chi connectivity index (χ1) is 55.9. The van der Waals surface area contributed by atoms with Gasteiger partial charge in [0.05, 0.1) is 0 Å². The zero-order valence-electron chi connectivity index (χ0n) is 78.4. The first-order valence-corrected chi connectivity index (χ1v) is 44.8. The number of aliphatic carboxylic acids is 3. The summed E-state index contributed by atoms with van der Waals surface area (Å²) in [6.45, 7) is 42.4. The molecule has 0 saturated heterocycles. The summed E-state index contributed by atoms with van der Waals surface area (Å²) in [5.41, 5.74) is 20.9. The summed E-state index contributed by atoms with van der Waals surface area (Å²) in [6.07, 6.45) is 28.8. The molecule has 7 rings (SSSR count). The van der Waals surface area contributed by atoms with E-state index in [1.807, 2.05) is 163 Å². The van der Waals surface area contributed by atoms with Gasteiger partial charge in [-0.15, -0.1) is 0 Å². The molecular weight excluding hydrogens is 1520 g/mol. The maximum absolute atomic E-state index is 12.0. The quantitative estimate of drug-likeness (QED) is 0.0300. The number of amides is 5. The molecule has 0 bridgehead atoms. The molecule has 0 unspecified atom stereocenters. The number of hydrogen-bond donors (Lipinski definition) is 12. The number of carbonyl (C=O) groups is 8. The van der Waals surface area contributed by atoms with Crippen LogP contribution in [0.5, 0.6) is 0 Å². The Hall–Kier alpha value is -7.54. The number of hydrogen-bond acceptors (Lipinski definition) is 16. The maximum Gasteiger partial charge on any atom is 0.408 e. The first-order valence-electron chi connectivity index (χ1n) is 44.8. The molecule has 4 fully saturated rings. The smallest absolute Gasteiger partial charge is 0.408 e. The van der Waals surface area contributed by atoms with E-state index in [0.29, 0.717) is 31.2 Å².